The quantitative estimate of drug-likeness (QED) is 0.0374. The maximum atomic E-state index is 12.6. The first-order valence-corrected chi connectivity index (χ1v) is 23.7. The van der Waals surface area contributed by atoms with Crippen LogP contribution in [0, 0.1) is 17.8 Å². The monoisotopic (exact) mass is 787 g/mol. The minimum Gasteiger partial charge on any atom is -0.482 e. The van der Waals surface area contributed by atoms with E-state index < -0.39 is 14.4 Å². The summed E-state index contributed by atoms with van der Waals surface area (Å²) >= 11 is 0. The SMILES string of the molecule is CCCCCC(CCC1C(O[Si](C)(C)C(C)(C)C)CC2Cc3c(cccc3OCC(=O)OCc3ccccc3)CC21)OOCCNC(=O)OCc1ccccc1. The molecule has 0 spiro atoms. The molecule has 2 aliphatic carbocycles. The molecule has 10 heteroatoms. The van der Waals surface area contributed by atoms with Crippen molar-refractivity contribution < 1.29 is 38.0 Å². The van der Waals surface area contributed by atoms with Crippen molar-refractivity contribution in [2.75, 3.05) is 19.8 Å². The van der Waals surface area contributed by atoms with Crippen LogP contribution in [0.5, 0.6) is 5.75 Å². The smallest absolute Gasteiger partial charge is 0.407 e. The summed E-state index contributed by atoms with van der Waals surface area (Å²) < 4.78 is 24.2. The zero-order valence-electron chi connectivity index (χ0n) is 34.6. The molecule has 9 nitrogen and oxygen atoms in total. The van der Waals surface area contributed by atoms with E-state index in [1.165, 1.54) is 11.1 Å². The molecule has 3 aromatic carbocycles. The van der Waals surface area contributed by atoms with Crippen LogP contribution in [-0.4, -0.2) is 52.3 Å². The van der Waals surface area contributed by atoms with Crippen LogP contribution >= 0.6 is 0 Å². The van der Waals surface area contributed by atoms with Gasteiger partial charge in [-0.25, -0.2) is 19.4 Å². The fraction of sp³-hybridized carbons (Fsp3) is 0.565. The molecule has 0 aromatic heterocycles. The first-order chi connectivity index (χ1) is 26.9. The average Bonchev–Trinajstić information content (AvgIpc) is 3.51. The number of alkyl carbamates (subject to hydrolysis) is 1. The van der Waals surface area contributed by atoms with Crippen molar-refractivity contribution in [2.24, 2.45) is 17.8 Å². The van der Waals surface area contributed by atoms with E-state index in [9.17, 15) is 9.59 Å². The number of hydrogen-bond donors (Lipinski definition) is 1. The van der Waals surface area contributed by atoms with E-state index in [0.717, 1.165) is 74.7 Å². The van der Waals surface area contributed by atoms with E-state index in [4.69, 9.17) is 28.4 Å². The molecule has 3 aromatic rings. The van der Waals surface area contributed by atoms with Gasteiger partial charge in [0.05, 0.1) is 12.7 Å². The molecule has 1 saturated carbocycles. The number of nitrogens with one attached hydrogen (secondary N) is 1. The normalized spacial score (nSPS) is 19.8. The summed E-state index contributed by atoms with van der Waals surface area (Å²) in [5.41, 5.74) is 4.40. The number of esters is 1. The van der Waals surface area contributed by atoms with Crippen LogP contribution in [0.1, 0.15) is 94.9 Å². The molecule has 0 bridgehead atoms. The molecular formula is C46H65NO8Si. The fourth-order valence-electron chi connectivity index (χ4n) is 7.87. The second-order valence-electron chi connectivity index (χ2n) is 17.1. The Bertz CT molecular complexity index is 1650. The van der Waals surface area contributed by atoms with Crippen LogP contribution in [0.15, 0.2) is 78.9 Å². The lowest BCUT2D eigenvalue weighted by Gasteiger charge is -2.40. The predicted octanol–water partition coefficient (Wildman–Crippen LogP) is 10.2. The number of ether oxygens (including phenoxy) is 3. The third kappa shape index (κ3) is 12.9. The first-order valence-electron chi connectivity index (χ1n) is 20.8. The molecule has 5 atom stereocenters. The van der Waals surface area contributed by atoms with Crippen LogP contribution in [-0.2, 0) is 54.5 Å². The Balaban J connectivity index is 1.19. The number of hydrogen-bond acceptors (Lipinski definition) is 8. The molecule has 2 aliphatic rings. The third-order valence-corrected chi connectivity index (χ3v) is 16.5. The molecule has 56 heavy (non-hydrogen) atoms. The third-order valence-electron chi connectivity index (χ3n) is 12.0. The molecule has 1 fully saturated rings. The average molecular weight is 788 g/mol. The van der Waals surface area contributed by atoms with Crippen molar-refractivity contribution in [3.63, 3.8) is 0 Å². The highest BCUT2D eigenvalue weighted by Gasteiger charge is 2.49. The maximum Gasteiger partial charge on any atom is 0.407 e. The molecule has 5 rings (SSSR count). The fourth-order valence-corrected chi connectivity index (χ4v) is 9.25. The van der Waals surface area contributed by atoms with Gasteiger partial charge in [0.25, 0.3) is 0 Å². The zero-order valence-corrected chi connectivity index (χ0v) is 35.6. The van der Waals surface area contributed by atoms with Crippen molar-refractivity contribution in [1.82, 2.24) is 5.32 Å². The molecular weight excluding hydrogens is 723 g/mol. The van der Waals surface area contributed by atoms with Gasteiger partial charge in [-0.1, -0.05) is 120 Å². The van der Waals surface area contributed by atoms with E-state index in [0.29, 0.717) is 24.3 Å². The lowest BCUT2D eigenvalue weighted by Crippen LogP contribution is -2.45. The van der Waals surface area contributed by atoms with Gasteiger partial charge in [0, 0.05) is 12.6 Å². The number of carbonyl (C=O) groups excluding carboxylic acids is 2. The van der Waals surface area contributed by atoms with Crippen LogP contribution in [0.25, 0.3) is 0 Å². The molecule has 0 saturated heterocycles. The Morgan fingerprint density at radius 1 is 0.857 bits per heavy atom. The summed E-state index contributed by atoms with van der Waals surface area (Å²) in [5.74, 6) is 1.73. The minimum atomic E-state index is -2.05. The molecule has 1 N–H and O–H groups in total. The van der Waals surface area contributed by atoms with Gasteiger partial charge in [0.15, 0.2) is 14.9 Å². The van der Waals surface area contributed by atoms with Crippen molar-refractivity contribution in [3.8, 4) is 5.75 Å². The highest BCUT2D eigenvalue weighted by atomic mass is 28.4. The zero-order chi connectivity index (χ0) is 40.0. The molecule has 0 aliphatic heterocycles. The molecule has 0 radical (unpaired) electrons. The highest BCUT2D eigenvalue weighted by Crippen LogP contribution is 2.51. The number of amides is 1. The van der Waals surface area contributed by atoms with Gasteiger partial charge < -0.3 is 24.0 Å². The van der Waals surface area contributed by atoms with Crippen molar-refractivity contribution in [1.29, 1.82) is 0 Å². The summed E-state index contributed by atoms with van der Waals surface area (Å²) in [6.45, 7) is 14.7. The summed E-state index contributed by atoms with van der Waals surface area (Å²) in [6, 6.07) is 25.6. The second-order valence-corrected chi connectivity index (χ2v) is 21.8. The summed E-state index contributed by atoms with van der Waals surface area (Å²) in [7, 11) is -2.05. The van der Waals surface area contributed by atoms with Gasteiger partial charge >= 0.3 is 12.1 Å². The Kier molecular flexibility index (Phi) is 16.4. The molecule has 0 heterocycles. The van der Waals surface area contributed by atoms with E-state index in [2.05, 4.69) is 52.2 Å². The van der Waals surface area contributed by atoms with Crippen molar-refractivity contribution >= 4 is 20.4 Å². The van der Waals surface area contributed by atoms with Crippen LogP contribution < -0.4 is 10.1 Å². The van der Waals surface area contributed by atoms with Gasteiger partial charge in [-0.3, -0.25) is 0 Å². The van der Waals surface area contributed by atoms with Crippen molar-refractivity contribution in [2.45, 2.75) is 129 Å². The highest BCUT2D eigenvalue weighted by molar-refractivity contribution is 6.74. The van der Waals surface area contributed by atoms with Crippen molar-refractivity contribution in [3.05, 3.63) is 101 Å². The van der Waals surface area contributed by atoms with Crippen LogP contribution in [0.2, 0.25) is 18.1 Å². The Hall–Kier alpha value is -3.70. The van der Waals surface area contributed by atoms with Crippen LogP contribution in [0.3, 0.4) is 0 Å². The standard InChI is InChI=1S/C46H65NO8Si/c1-7-8-11-22-38(54-53-27-26-47-45(49)52-32-35-19-14-10-15-20-35)24-25-39-40-28-36-21-16-23-42(50-33-44(48)51-31-34-17-12-9-13-18-34)41(36)29-37(40)30-43(39)55-56(5,6)46(2,3)4/h9-10,12-21,23,37-40,43H,7-8,11,22,24-33H2,1-6H3,(H,47,49). The Morgan fingerprint density at radius 3 is 2.23 bits per heavy atom. The number of carbonyl (C=O) groups is 2. The summed E-state index contributed by atoms with van der Waals surface area (Å²) in [6.07, 6.45) is 8.67. The Labute approximate surface area is 336 Å². The number of rotatable bonds is 21. The first kappa shape index (κ1) is 43.4. The minimum absolute atomic E-state index is 0.0447. The molecule has 5 unspecified atom stereocenters. The molecule has 306 valence electrons. The lowest BCUT2D eigenvalue weighted by molar-refractivity contribution is -0.325. The van der Waals surface area contributed by atoms with E-state index in [1.54, 1.807) is 0 Å². The van der Waals surface area contributed by atoms with Gasteiger partial charge in [-0.2, -0.15) is 0 Å². The summed E-state index contributed by atoms with van der Waals surface area (Å²) in [4.78, 5) is 36.6. The van der Waals surface area contributed by atoms with E-state index in [1.807, 2.05) is 72.8 Å². The van der Waals surface area contributed by atoms with Gasteiger partial charge in [-0.15, -0.1) is 0 Å². The number of unbranched alkanes of at least 4 members (excludes halogenated alkanes) is 2. The van der Waals surface area contributed by atoms with Gasteiger partial charge in [0.1, 0.15) is 19.0 Å². The number of fused-ring (bicyclic) bond motifs is 2. The largest absolute Gasteiger partial charge is 0.482 e. The van der Waals surface area contributed by atoms with Gasteiger partial charge in [-0.05, 0) is 103 Å². The Morgan fingerprint density at radius 2 is 1.55 bits per heavy atom. The topological polar surface area (TPSA) is 102 Å². The predicted molar refractivity (Wildman–Crippen MR) is 222 cm³/mol. The van der Waals surface area contributed by atoms with Crippen LogP contribution in [0.4, 0.5) is 4.79 Å². The van der Waals surface area contributed by atoms with Gasteiger partial charge in [0.2, 0.25) is 0 Å². The lowest BCUT2D eigenvalue weighted by atomic mass is 9.73. The maximum absolute atomic E-state index is 12.6. The number of benzene rings is 3. The van der Waals surface area contributed by atoms with E-state index in [-0.39, 0.29) is 49.6 Å². The van der Waals surface area contributed by atoms with E-state index >= 15 is 0 Å². The second kappa shape index (κ2) is 21.2. The molecule has 1 amide bonds. The summed E-state index contributed by atoms with van der Waals surface area (Å²) in [5, 5.41) is 2.86.